The van der Waals surface area contributed by atoms with Gasteiger partial charge in [-0.15, -0.1) is 0 Å². The molecule has 4 heteroatoms. The van der Waals surface area contributed by atoms with E-state index in [2.05, 4.69) is 23.1 Å². The first-order chi connectivity index (χ1) is 11.3. The Kier molecular flexibility index (Phi) is 4.91. The zero-order chi connectivity index (χ0) is 16.1. The molecule has 0 saturated heterocycles. The Morgan fingerprint density at radius 3 is 2.78 bits per heavy atom. The number of benzene rings is 2. The lowest BCUT2D eigenvalue weighted by atomic mass is 9.93. The summed E-state index contributed by atoms with van der Waals surface area (Å²) >= 11 is 0. The van der Waals surface area contributed by atoms with Crippen LogP contribution in [0.5, 0.6) is 5.75 Å². The van der Waals surface area contributed by atoms with E-state index in [4.69, 9.17) is 4.74 Å². The monoisotopic (exact) mass is 310 g/mol. The van der Waals surface area contributed by atoms with Gasteiger partial charge in [0.25, 0.3) is 0 Å². The Balaban J connectivity index is 1.73. The number of nitroso groups, excluding NO2 is 1. The molecule has 4 nitrogen and oxygen atoms in total. The first-order valence-electron chi connectivity index (χ1n) is 8.13. The highest BCUT2D eigenvalue weighted by atomic mass is 16.5. The molecule has 1 heterocycles. The van der Waals surface area contributed by atoms with Crippen molar-refractivity contribution in [3.63, 3.8) is 0 Å². The quantitative estimate of drug-likeness (QED) is 0.755. The minimum atomic E-state index is 0.261. The van der Waals surface area contributed by atoms with Gasteiger partial charge >= 0.3 is 0 Å². The molecule has 0 radical (unpaired) electrons. The van der Waals surface area contributed by atoms with Crippen LogP contribution in [0.2, 0.25) is 0 Å². The van der Waals surface area contributed by atoms with Gasteiger partial charge in [0.1, 0.15) is 18.9 Å². The summed E-state index contributed by atoms with van der Waals surface area (Å²) in [6.07, 6.45) is 2.13. The van der Waals surface area contributed by atoms with Crippen LogP contribution in [-0.2, 0) is 13.0 Å². The second-order valence-corrected chi connectivity index (χ2v) is 5.91. The molecule has 120 valence electrons. The van der Waals surface area contributed by atoms with Crippen molar-refractivity contribution in [3.8, 4) is 5.75 Å². The van der Waals surface area contributed by atoms with Crippen molar-refractivity contribution in [2.24, 2.45) is 5.18 Å². The van der Waals surface area contributed by atoms with E-state index in [9.17, 15) is 4.91 Å². The minimum Gasteiger partial charge on any atom is -0.492 e. The minimum absolute atomic E-state index is 0.261. The first-order valence-corrected chi connectivity index (χ1v) is 8.13. The van der Waals surface area contributed by atoms with Crippen molar-refractivity contribution >= 4 is 5.69 Å². The number of anilines is 1. The Hall–Kier alpha value is -2.36. The SMILES string of the molecule is Cc1ccc(CN=O)c2c1N(CCOc1ccccc1)CCC2. The summed E-state index contributed by atoms with van der Waals surface area (Å²) < 4.78 is 5.83. The maximum atomic E-state index is 10.7. The van der Waals surface area contributed by atoms with Gasteiger partial charge in [0, 0.05) is 12.2 Å². The molecule has 0 unspecified atom stereocenters. The van der Waals surface area contributed by atoms with E-state index in [0.717, 1.165) is 37.2 Å². The largest absolute Gasteiger partial charge is 0.492 e. The van der Waals surface area contributed by atoms with Crippen LogP contribution in [0.15, 0.2) is 47.6 Å². The topological polar surface area (TPSA) is 41.9 Å². The maximum absolute atomic E-state index is 10.7. The molecule has 23 heavy (non-hydrogen) atoms. The highest BCUT2D eigenvalue weighted by molar-refractivity contribution is 5.63. The Labute approximate surface area is 137 Å². The zero-order valence-electron chi connectivity index (χ0n) is 13.5. The number of fused-ring (bicyclic) bond motifs is 1. The van der Waals surface area contributed by atoms with E-state index in [1.165, 1.54) is 16.8 Å². The molecule has 0 aromatic heterocycles. The van der Waals surface area contributed by atoms with E-state index >= 15 is 0 Å². The van der Waals surface area contributed by atoms with Gasteiger partial charge in [-0.3, -0.25) is 0 Å². The predicted octanol–water partition coefficient (Wildman–Crippen LogP) is 4.09. The molecule has 0 atom stereocenters. The number of para-hydroxylation sites is 1. The summed E-state index contributed by atoms with van der Waals surface area (Å²) in [5.41, 5.74) is 4.88. The third-order valence-corrected chi connectivity index (χ3v) is 4.36. The van der Waals surface area contributed by atoms with Gasteiger partial charge in [-0.25, -0.2) is 0 Å². The van der Waals surface area contributed by atoms with Crippen molar-refractivity contribution in [1.29, 1.82) is 0 Å². The summed E-state index contributed by atoms with van der Waals surface area (Å²) in [7, 11) is 0. The predicted molar refractivity (Wildman–Crippen MR) is 93.1 cm³/mol. The molecule has 0 spiro atoms. The summed E-state index contributed by atoms with van der Waals surface area (Å²) in [5.74, 6) is 0.903. The van der Waals surface area contributed by atoms with Crippen LogP contribution in [-0.4, -0.2) is 19.7 Å². The number of aryl methyl sites for hydroxylation is 1. The third kappa shape index (κ3) is 3.52. The molecule has 3 rings (SSSR count). The second-order valence-electron chi connectivity index (χ2n) is 5.91. The fourth-order valence-electron chi connectivity index (χ4n) is 3.30. The third-order valence-electron chi connectivity index (χ3n) is 4.36. The van der Waals surface area contributed by atoms with E-state index in [-0.39, 0.29) is 6.54 Å². The van der Waals surface area contributed by atoms with Crippen LogP contribution in [0.3, 0.4) is 0 Å². The van der Waals surface area contributed by atoms with E-state index in [0.29, 0.717) is 6.61 Å². The molecular formula is C19H22N2O2. The summed E-state index contributed by atoms with van der Waals surface area (Å²) in [6, 6.07) is 14.0. The van der Waals surface area contributed by atoms with Gasteiger partial charge in [-0.2, -0.15) is 4.91 Å². The molecular weight excluding hydrogens is 288 g/mol. The summed E-state index contributed by atoms with van der Waals surface area (Å²) in [5, 5.41) is 3.08. The van der Waals surface area contributed by atoms with Gasteiger partial charge in [0.2, 0.25) is 0 Å². The Morgan fingerprint density at radius 2 is 2.00 bits per heavy atom. The maximum Gasteiger partial charge on any atom is 0.119 e. The lowest BCUT2D eigenvalue weighted by molar-refractivity contribution is 0.322. The molecule has 0 N–H and O–H groups in total. The van der Waals surface area contributed by atoms with Crippen LogP contribution in [0.4, 0.5) is 5.69 Å². The molecule has 2 aromatic rings. The summed E-state index contributed by atoms with van der Waals surface area (Å²) in [4.78, 5) is 13.1. The normalized spacial score (nSPS) is 13.5. The molecule has 2 aromatic carbocycles. The lowest BCUT2D eigenvalue weighted by Crippen LogP contribution is -2.34. The van der Waals surface area contributed by atoms with E-state index in [1.54, 1.807) is 0 Å². The lowest BCUT2D eigenvalue weighted by Gasteiger charge is -2.34. The average Bonchev–Trinajstić information content (AvgIpc) is 2.59. The van der Waals surface area contributed by atoms with Crippen molar-refractivity contribution in [1.82, 2.24) is 0 Å². The zero-order valence-corrected chi connectivity index (χ0v) is 13.5. The van der Waals surface area contributed by atoms with Gasteiger partial charge in [-0.05, 0) is 48.6 Å². The highest BCUT2D eigenvalue weighted by Gasteiger charge is 2.21. The molecule has 1 aliphatic heterocycles. The van der Waals surface area contributed by atoms with E-state index < -0.39 is 0 Å². The molecule has 0 aliphatic carbocycles. The fraction of sp³-hybridized carbons (Fsp3) is 0.368. The van der Waals surface area contributed by atoms with Crippen molar-refractivity contribution in [2.45, 2.75) is 26.3 Å². The number of nitrogens with zero attached hydrogens (tertiary/aromatic N) is 2. The Bertz CT molecular complexity index is 671. The highest BCUT2D eigenvalue weighted by Crippen LogP contribution is 2.33. The van der Waals surface area contributed by atoms with Gasteiger partial charge in [0.15, 0.2) is 0 Å². The van der Waals surface area contributed by atoms with Crippen LogP contribution < -0.4 is 9.64 Å². The average molecular weight is 310 g/mol. The van der Waals surface area contributed by atoms with Crippen LogP contribution in [0.1, 0.15) is 23.1 Å². The molecule has 0 fully saturated rings. The number of hydrogen-bond acceptors (Lipinski definition) is 4. The van der Waals surface area contributed by atoms with Gasteiger partial charge in [0.05, 0.1) is 6.54 Å². The fourth-order valence-corrected chi connectivity index (χ4v) is 3.30. The second kappa shape index (κ2) is 7.27. The summed E-state index contributed by atoms with van der Waals surface area (Å²) in [6.45, 7) is 4.92. The van der Waals surface area contributed by atoms with Crippen molar-refractivity contribution in [2.75, 3.05) is 24.6 Å². The van der Waals surface area contributed by atoms with Crippen LogP contribution >= 0.6 is 0 Å². The standard InChI is InChI=1S/C19H22N2O2/c1-15-9-10-16(14-20-22)18-8-5-11-21(19(15)18)12-13-23-17-6-3-2-4-7-17/h2-4,6-7,9-10H,5,8,11-14H2,1H3. The van der Waals surface area contributed by atoms with Crippen molar-refractivity contribution < 1.29 is 4.74 Å². The number of hydrogen-bond donors (Lipinski definition) is 0. The van der Waals surface area contributed by atoms with Crippen molar-refractivity contribution in [3.05, 3.63) is 64.1 Å². The number of rotatable bonds is 6. The van der Waals surface area contributed by atoms with Gasteiger partial charge < -0.3 is 9.64 Å². The molecule has 0 saturated carbocycles. The smallest absolute Gasteiger partial charge is 0.119 e. The van der Waals surface area contributed by atoms with Crippen LogP contribution in [0, 0.1) is 11.8 Å². The molecule has 0 bridgehead atoms. The first kappa shape index (κ1) is 15.5. The number of ether oxygens (including phenoxy) is 1. The van der Waals surface area contributed by atoms with E-state index in [1.807, 2.05) is 36.4 Å². The van der Waals surface area contributed by atoms with Crippen LogP contribution in [0.25, 0.3) is 0 Å². The van der Waals surface area contributed by atoms with Gasteiger partial charge in [-0.1, -0.05) is 35.5 Å². The Morgan fingerprint density at radius 1 is 1.17 bits per heavy atom. The molecule has 0 amide bonds. The molecule has 1 aliphatic rings.